The molecule has 1 aromatic heterocycles. The molecule has 0 radical (unpaired) electrons. The Morgan fingerprint density at radius 2 is 1.46 bits per heavy atom. The summed E-state index contributed by atoms with van der Waals surface area (Å²) >= 11 is 0. The average Bonchev–Trinajstić information content (AvgIpc) is 2.61. The Morgan fingerprint density at radius 1 is 0.875 bits per heavy atom. The van der Waals surface area contributed by atoms with Crippen LogP contribution >= 0.6 is 0 Å². The molecule has 24 heavy (non-hydrogen) atoms. The third-order valence-electron chi connectivity index (χ3n) is 3.83. The van der Waals surface area contributed by atoms with Crippen LogP contribution in [0.25, 0.3) is 0 Å². The van der Waals surface area contributed by atoms with Gasteiger partial charge in [0, 0.05) is 12.3 Å². The molecule has 0 saturated heterocycles. The third kappa shape index (κ3) is 3.98. The van der Waals surface area contributed by atoms with Crippen molar-refractivity contribution in [1.82, 2.24) is 4.98 Å². The lowest BCUT2D eigenvalue weighted by molar-refractivity contribution is -0.116. The molecule has 2 aromatic carbocycles. The van der Waals surface area contributed by atoms with Gasteiger partial charge in [0.25, 0.3) is 0 Å². The van der Waals surface area contributed by atoms with Crippen LogP contribution in [0.15, 0.2) is 78.9 Å². The zero-order chi connectivity index (χ0) is 16.8. The molecule has 0 saturated carbocycles. The highest BCUT2D eigenvalue weighted by molar-refractivity contribution is 5.90. The van der Waals surface area contributed by atoms with Gasteiger partial charge in [0.15, 0.2) is 0 Å². The SMILES string of the molecule is Nc1cccc(NC(=O)CC(c2ccccc2)c2ccccc2)n1. The Bertz CT molecular complexity index is 764. The summed E-state index contributed by atoms with van der Waals surface area (Å²) in [5, 5.41) is 2.82. The van der Waals surface area contributed by atoms with Crippen molar-refractivity contribution in [2.75, 3.05) is 11.1 Å². The summed E-state index contributed by atoms with van der Waals surface area (Å²) < 4.78 is 0. The van der Waals surface area contributed by atoms with E-state index >= 15 is 0 Å². The molecule has 1 amide bonds. The first-order valence-electron chi connectivity index (χ1n) is 7.84. The molecule has 0 bridgehead atoms. The van der Waals surface area contributed by atoms with E-state index < -0.39 is 0 Å². The number of nitrogen functional groups attached to an aromatic ring is 1. The van der Waals surface area contributed by atoms with E-state index in [0.717, 1.165) is 11.1 Å². The average molecular weight is 317 g/mol. The van der Waals surface area contributed by atoms with Crippen LogP contribution in [0.2, 0.25) is 0 Å². The fourth-order valence-electron chi connectivity index (χ4n) is 2.70. The summed E-state index contributed by atoms with van der Waals surface area (Å²) in [6.45, 7) is 0. The monoisotopic (exact) mass is 317 g/mol. The van der Waals surface area contributed by atoms with Gasteiger partial charge in [-0.25, -0.2) is 4.98 Å². The lowest BCUT2D eigenvalue weighted by Crippen LogP contribution is -2.17. The smallest absolute Gasteiger partial charge is 0.226 e. The highest BCUT2D eigenvalue weighted by Gasteiger charge is 2.18. The van der Waals surface area contributed by atoms with E-state index in [1.165, 1.54) is 0 Å². The van der Waals surface area contributed by atoms with Gasteiger partial charge in [0.2, 0.25) is 5.91 Å². The van der Waals surface area contributed by atoms with Gasteiger partial charge in [0.1, 0.15) is 11.6 Å². The Balaban J connectivity index is 1.80. The molecule has 3 N–H and O–H groups in total. The zero-order valence-electron chi connectivity index (χ0n) is 13.2. The molecule has 120 valence electrons. The summed E-state index contributed by atoms with van der Waals surface area (Å²) in [6.07, 6.45) is 0.338. The van der Waals surface area contributed by atoms with E-state index in [1.807, 2.05) is 60.7 Å². The molecule has 1 heterocycles. The molecule has 3 rings (SSSR count). The first kappa shape index (κ1) is 15.7. The van der Waals surface area contributed by atoms with E-state index in [0.29, 0.717) is 18.1 Å². The van der Waals surface area contributed by atoms with Crippen molar-refractivity contribution < 1.29 is 4.79 Å². The first-order valence-corrected chi connectivity index (χ1v) is 7.84. The fraction of sp³-hybridized carbons (Fsp3) is 0.100. The second kappa shape index (κ2) is 7.42. The van der Waals surface area contributed by atoms with Gasteiger partial charge >= 0.3 is 0 Å². The van der Waals surface area contributed by atoms with E-state index in [4.69, 9.17) is 5.73 Å². The predicted molar refractivity (Wildman–Crippen MR) is 96.6 cm³/mol. The zero-order valence-corrected chi connectivity index (χ0v) is 13.2. The van der Waals surface area contributed by atoms with Crippen molar-refractivity contribution in [2.24, 2.45) is 0 Å². The normalized spacial score (nSPS) is 10.5. The van der Waals surface area contributed by atoms with Crippen molar-refractivity contribution in [3.05, 3.63) is 90.0 Å². The number of amides is 1. The summed E-state index contributed by atoms with van der Waals surface area (Å²) in [5.74, 6) is 0.759. The number of hydrogen-bond donors (Lipinski definition) is 2. The molecular weight excluding hydrogens is 298 g/mol. The van der Waals surface area contributed by atoms with Gasteiger partial charge in [-0.3, -0.25) is 4.79 Å². The molecule has 0 atom stereocenters. The number of carbonyl (C=O) groups excluding carboxylic acids is 1. The molecule has 0 spiro atoms. The van der Waals surface area contributed by atoms with Crippen LogP contribution in [0.5, 0.6) is 0 Å². The summed E-state index contributed by atoms with van der Waals surface area (Å²) in [6, 6.07) is 25.3. The molecular formula is C20H19N3O. The molecule has 0 aliphatic heterocycles. The van der Waals surface area contributed by atoms with Gasteiger partial charge in [-0.1, -0.05) is 66.7 Å². The summed E-state index contributed by atoms with van der Waals surface area (Å²) in [4.78, 5) is 16.6. The number of nitrogens with one attached hydrogen (secondary N) is 1. The fourth-order valence-corrected chi connectivity index (χ4v) is 2.70. The Labute approximate surface area is 141 Å². The van der Waals surface area contributed by atoms with E-state index in [9.17, 15) is 4.79 Å². The van der Waals surface area contributed by atoms with E-state index in [1.54, 1.807) is 18.2 Å². The van der Waals surface area contributed by atoms with Crippen LogP contribution in [0.1, 0.15) is 23.5 Å². The maximum absolute atomic E-state index is 12.5. The number of pyridine rings is 1. The first-order chi connectivity index (χ1) is 11.7. The minimum Gasteiger partial charge on any atom is -0.384 e. The number of benzene rings is 2. The Hall–Kier alpha value is -3.14. The van der Waals surface area contributed by atoms with Gasteiger partial charge in [-0.05, 0) is 23.3 Å². The molecule has 0 aliphatic rings. The molecule has 0 fully saturated rings. The van der Waals surface area contributed by atoms with Gasteiger partial charge in [-0.15, -0.1) is 0 Å². The second-order valence-corrected chi connectivity index (χ2v) is 5.57. The van der Waals surface area contributed by atoms with Crippen molar-refractivity contribution in [2.45, 2.75) is 12.3 Å². The van der Waals surface area contributed by atoms with Crippen LogP contribution in [-0.4, -0.2) is 10.9 Å². The number of hydrogen-bond acceptors (Lipinski definition) is 3. The van der Waals surface area contributed by atoms with Crippen LogP contribution in [0.3, 0.4) is 0 Å². The van der Waals surface area contributed by atoms with Gasteiger partial charge < -0.3 is 11.1 Å². The number of rotatable bonds is 5. The number of carbonyl (C=O) groups is 1. The second-order valence-electron chi connectivity index (χ2n) is 5.57. The standard InChI is InChI=1S/C20H19N3O/c21-18-12-7-13-19(22-18)23-20(24)14-17(15-8-3-1-4-9-15)16-10-5-2-6-11-16/h1-13,17H,14H2,(H3,21,22,23,24). The maximum Gasteiger partial charge on any atom is 0.226 e. The molecule has 3 aromatic rings. The third-order valence-corrected chi connectivity index (χ3v) is 3.83. The molecule has 0 unspecified atom stereocenters. The van der Waals surface area contributed by atoms with Crippen LogP contribution in [0, 0.1) is 0 Å². The summed E-state index contributed by atoms with van der Waals surface area (Å²) in [5.41, 5.74) is 7.88. The van der Waals surface area contributed by atoms with Crippen LogP contribution in [-0.2, 0) is 4.79 Å². The number of aromatic nitrogens is 1. The minimum atomic E-state index is -0.0918. The topological polar surface area (TPSA) is 68.0 Å². The molecule has 4 heteroatoms. The van der Waals surface area contributed by atoms with Crippen LogP contribution in [0.4, 0.5) is 11.6 Å². The van der Waals surface area contributed by atoms with Crippen molar-refractivity contribution >= 4 is 17.5 Å². The highest BCUT2D eigenvalue weighted by atomic mass is 16.1. The largest absolute Gasteiger partial charge is 0.384 e. The van der Waals surface area contributed by atoms with E-state index in [2.05, 4.69) is 10.3 Å². The summed E-state index contributed by atoms with van der Waals surface area (Å²) in [7, 11) is 0. The van der Waals surface area contributed by atoms with Gasteiger partial charge in [-0.2, -0.15) is 0 Å². The number of anilines is 2. The maximum atomic E-state index is 12.5. The van der Waals surface area contributed by atoms with Crippen molar-refractivity contribution in [1.29, 1.82) is 0 Å². The predicted octanol–water partition coefficient (Wildman–Crippen LogP) is 3.82. The van der Waals surface area contributed by atoms with Gasteiger partial charge in [0.05, 0.1) is 0 Å². The lowest BCUT2D eigenvalue weighted by atomic mass is 9.88. The van der Waals surface area contributed by atoms with Crippen molar-refractivity contribution in [3.63, 3.8) is 0 Å². The number of nitrogens with two attached hydrogens (primary N) is 1. The van der Waals surface area contributed by atoms with E-state index in [-0.39, 0.29) is 11.8 Å². The van der Waals surface area contributed by atoms with Crippen LogP contribution < -0.4 is 11.1 Å². The Morgan fingerprint density at radius 3 is 2.00 bits per heavy atom. The molecule has 4 nitrogen and oxygen atoms in total. The highest BCUT2D eigenvalue weighted by Crippen LogP contribution is 2.28. The Kier molecular flexibility index (Phi) is 4.87. The molecule has 0 aliphatic carbocycles. The number of nitrogens with zero attached hydrogens (tertiary/aromatic N) is 1. The minimum absolute atomic E-state index is 0.00606. The lowest BCUT2D eigenvalue weighted by Gasteiger charge is -2.17. The quantitative estimate of drug-likeness (QED) is 0.751. The van der Waals surface area contributed by atoms with Crippen molar-refractivity contribution in [3.8, 4) is 0 Å².